The Morgan fingerprint density at radius 3 is 2.57 bits per heavy atom. The highest BCUT2D eigenvalue weighted by Gasteiger charge is 2.03. The van der Waals surface area contributed by atoms with Gasteiger partial charge in [-0.15, -0.1) is 0 Å². The third-order valence-electron chi connectivity index (χ3n) is 3.60. The number of pyridine rings is 1. The van der Waals surface area contributed by atoms with Crippen LogP contribution in [0, 0.1) is 6.92 Å². The van der Waals surface area contributed by atoms with E-state index in [1.807, 2.05) is 31.3 Å². The lowest BCUT2D eigenvalue weighted by atomic mass is 10.0. The minimum atomic E-state index is 0.122. The number of aromatic nitrogens is 1. The predicted octanol–water partition coefficient (Wildman–Crippen LogP) is 4.72. The molecule has 0 aliphatic heterocycles. The number of hydrogen-bond donors (Lipinski definition) is 0. The maximum atomic E-state index is 4.63. The Balaban J connectivity index is 1.84. The number of nitrogens with zero attached hydrogens (tertiary/aromatic N) is 2. The molecule has 0 amide bonds. The van der Waals surface area contributed by atoms with Crippen molar-refractivity contribution in [3.05, 3.63) is 77.6 Å². The SMILES string of the molecule is Cc1cccc(C=N[C@H](C)c2ccc3ccccc3c2)n1. The van der Waals surface area contributed by atoms with E-state index in [1.54, 1.807) is 0 Å². The second-order valence-electron chi connectivity index (χ2n) is 5.26. The average Bonchev–Trinajstić information content (AvgIpc) is 2.52. The van der Waals surface area contributed by atoms with E-state index in [1.165, 1.54) is 16.3 Å². The molecule has 0 radical (unpaired) electrons. The summed E-state index contributed by atoms with van der Waals surface area (Å²) in [5.74, 6) is 0. The Bertz CT molecular complexity index is 790. The van der Waals surface area contributed by atoms with Crippen molar-refractivity contribution in [1.82, 2.24) is 4.98 Å². The summed E-state index contributed by atoms with van der Waals surface area (Å²) in [5.41, 5.74) is 3.14. The van der Waals surface area contributed by atoms with Crippen LogP contribution in [0.1, 0.15) is 29.9 Å². The van der Waals surface area contributed by atoms with Gasteiger partial charge < -0.3 is 0 Å². The molecule has 0 aliphatic carbocycles. The monoisotopic (exact) mass is 274 g/mol. The molecule has 1 atom stereocenters. The first-order chi connectivity index (χ1) is 10.2. The van der Waals surface area contributed by atoms with Crippen molar-refractivity contribution in [3.63, 3.8) is 0 Å². The van der Waals surface area contributed by atoms with Gasteiger partial charge in [-0.3, -0.25) is 9.98 Å². The highest BCUT2D eigenvalue weighted by molar-refractivity contribution is 5.83. The van der Waals surface area contributed by atoms with E-state index >= 15 is 0 Å². The fourth-order valence-corrected chi connectivity index (χ4v) is 2.38. The van der Waals surface area contributed by atoms with Crippen LogP contribution in [0.5, 0.6) is 0 Å². The lowest BCUT2D eigenvalue weighted by Gasteiger charge is -2.08. The number of aliphatic imine (C=N–C) groups is 1. The fraction of sp³-hybridized carbons (Fsp3) is 0.158. The summed E-state index contributed by atoms with van der Waals surface area (Å²) in [6.07, 6.45) is 1.85. The number of fused-ring (bicyclic) bond motifs is 1. The summed E-state index contributed by atoms with van der Waals surface area (Å²) < 4.78 is 0. The van der Waals surface area contributed by atoms with E-state index in [0.717, 1.165) is 11.4 Å². The van der Waals surface area contributed by atoms with E-state index in [0.29, 0.717) is 0 Å². The van der Waals surface area contributed by atoms with Crippen LogP contribution in [0.15, 0.2) is 65.7 Å². The van der Waals surface area contributed by atoms with Gasteiger partial charge in [-0.2, -0.15) is 0 Å². The van der Waals surface area contributed by atoms with Gasteiger partial charge in [0.15, 0.2) is 0 Å². The molecule has 3 rings (SSSR count). The summed E-state index contributed by atoms with van der Waals surface area (Å²) in [6, 6.07) is 21.0. The Labute approximate surface area is 125 Å². The van der Waals surface area contributed by atoms with Gasteiger partial charge in [-0.25, -0.2) is 0 Å². The molecule has 104 valence electrons. The predicted molar refractivity (Wildman–Crippen MR) is 88.9 cm³/mol. The molecular formula is C19H18N2. The molecule has 2 heteroatoms. The minimum absolute atomic E-state index is 0.122. The van der Waals surface area contributed by atoms with Gasteiger partial charge in [-0.05, 0) is 48.4 Å². The van der Waals surface area contributed by atoms with Crippen LogP contribution in [0.4, 0.5) is 0 Å². The standard InChI is InChI=1S/C19H18N2/c1-14-6-5-9-19(21-14)13-20-15(2)17-11-10-16-7-3-4-8-18(16)12-17/h3-13,15H,1-2H3/t15-/m1/s1. The highest BCUT2D eigenvalue weighted by Crippen LogP contribution is 2.22. The lowest BCUT2D eigenvalue weighted by Crippen LogP contribution is -1.94. The van der Waals surface area contributed by atoms with Gasteiger partial charge in [0.2, 0.25) is 0 Å². The summed E-state index contributed by atoms with van der Waals surface area (Å²) in [4.78, 5) is 9.06. The number of hydrogen-bond acceptors (Lipinski definition) is 2. The molecule has 2 nitrogen and oxygen atoms in total. The largest absolute Gasteiger partial charge is 0.283 e. The Hall–Kier alpha value is -2.48. The Kier molecular flexibility index (Phi) is 3.78. The first-order valence-corrected chi connectivity index (χ1v) is 7.18. The van der Waals surface area contributed by atoms with Crippen LogP contribution < -0.4 is 0 Å². The zero-order chi connectivity index (χ0) is 14.7. The van der Waals surface area contributed by atoms with Crippen LogP contribution in [0.2, 0.25) is 0 Å². The van der Waals surface area contributed by atoms with Gasteiger partial charge >= 0.3 is 0 Å². The third kappa shape index (κ3) is 3.16. The zero-order valence-electron chi connectivity index (χ0n) is 12.3. The number of benzene rings is 2. The molecule has 3 aromatic rings. The van der Waals surface area contributed by atoms with E-state index in [4.69, 9.17) is 0 Å². The quantitative estimate of drug-likeness (QED) is 0.634. The van der Waals surface area contributed by atoms with Crippen molar-refractivity contribution >= 4 is 17.0 Å². The van der Waals surface area contributed by atoms with Crippen LogP contribution in [0.3, 0.4) is 0 Å². The Morgan fingerprint density at radius 2 is 1.76 bits per heavy atom. The molecule has 0 fully saturated rings. The highest BCUT2D eigenvalue weighted by atomic mass is 14.8. The maximum absolute atomic E-state index is 4.63. The summed E-state index contributed by atoms with van der Waals surface area (Å²) in [5, 5.41) is 2.52. The Morgan fingerprint density at radius 1 is 0.952 bits per heavy atom. The molecule has 2 aromatic carbocycles. The molecule has 0 spiro atoms. The molecule has 1 aromatic heterocycles. The van der Waals surface area contributed by atoms with Crippen molar-refractivity contribution in [3.8, 4) is 0 Å². The lowest BCUT2D eigenvalue weighted by molar-refractivity contribution is 0.826. The van der Waals surface area contributed by atoms with E-state index < -0.39 is 0 Å². The van der Waals surface area contributed by atoms with Crippen molar-refractivity contribution in [1.29, 1.82) is 0 Å². The molecule has 0 N–H and O–H groups in total. The normalized spacial score (nSPS) is 12.9. The van der Waals surface area contributed by atoms with Crippen LogP contribution >= 0.6 is 0 Å². The second-order valence-corrected chi connectivity index (χ2v) is 5.26. The molecule has 0 saturated heterocycles. The van der Waals surface area contributed by atoms with Crippen LogP contribution in [-0.2, 0) is 0 Å². The van der Waals surface area contributed by atoms with Gasteiger partial charge in [0, 0.05) is 11.9 Å². The third-order valence-corrected chi connectivity index (χ3v) is 3.60. The van der Waals surface area contributed by atoms with E-state index in [2.05, 4.69) is 59.4 Å². The fourth-order valence-electron chi connectivity index (χ4n) is 2.38. The zero-order valence-corrected chi connectivity index (χ0v) is 12.3. The van der Waals surface area contributed by atoms with E-state index in [9.17, 15) is 0 Å². The van der Waals surface area contributed by atoms with Crippen LogP contribution in [0.25, 0.3) is 10.8 Å². The van der Waals surface area contributed by atoms with E-state index in [-0.39, 0.29) is 6.04 Å². The smallest absolute Gasteiger partial charge is 0.0811 e. The molecule has 0 bridgehead atoms. The topological polar surface area (TPSA) is 25.2 Å². The summed E-state index contributed by atoms with van der Waals surface area (Å²) in [7, 11) is 0. The van der Waals surface area contributed by atoms with Gasteiger partial charge in [0.1, 0.15) is 0 Å². The average molecular weight is 274 g/mol. The van der Waals surface area contributed by atoms with Crippen LogP contribution in [-0.4, -0.2) is 11.2 Å². The minimum Gasteiger partial charge on any atom is -0.283 e. The van der Waals surface area contributed by atoms with Gasteiger partial charge in [0.05, 0.1) is 11.7 Å². The van der Waals surface area contributed by atoms with Crippen molar-refractivity contribution < 1.29 is 0 Å². The number of rotatable bonds is 3. The first kappa shape index (κ1) is 13.5. The first-order valence-electron chi connectivity index (χ1n) is 7.18. The summed E-state index contributed by atoms with van der Waals surface area (Å²) >= 11 is 0. The van der Waals surface area contributed by atoms with Crippen molar-refractivity contribution in [2.75, 3.05) is 0 Å². The molecule has 0 aliphatic rings. The molecule has 1 heterocycles. The van der Waals surface area contributed by atoms with Gasteiger partial charge in [-0.1, -0.05) is 42.5 Å². The molecule has 0 saturated carbocycles. The van der Waals surface area contributed by atoms with Crippen molar-refractivity contribution in [2.45, 2.75) is 19.9 Å². The van der Waals surface area contributed by atoms with Gasteiger partial charge in [0.25, 0.3) is 0 Å². The molecule has 21 heavy (non-hydrogen) atoms. The number of aryl methyl sites for hydroxylation is 1. The second kappa shape index (κ2) is 5.88. The summed E-state index contributed by atoms with van der Waals surface area (Å²) in [6.45, 7) is 4.10. The molecular weight excluding hydrogens is 256 g/mol. The maximum Gasteiger partial charge on any atom is 0.0811 e. The van der Waals surface area contributed by atoms with Crippen molar-refractivity contribution in [2.24, 2.45) is 4.99 Å². The molecule has 0 unspecified atom stereocenters.